The number of benzene rings is 1. The number of ether oxygens (including phenoxy) is 2. The molecule has 0 saturated carbocycles. The summed E-state index contributed by atoms with van der Waals surface area (Å²) in [6.07, 6.45) is 0.975. The lowest BCUT2D eigenvalue weighted by Gasteiger charge is -2.33. The largest absolute Gasteiger partial charge is 0.445 e. The number of carbonyl (C=O) groups is 2. The summed E-state index contributed by atoms with van der Waals surface area (Å²) < 4.78 is 10.8. The normalized spacial score (nSPS) is 21.9. The van der Waals surface area contributed by atoms with Crippen LogP contribution in [0.25, 0.3) is 0 Å². The van der Waals surface area contributed by atoms with Crippen LogP contribution in [0.15, 0.2) is 43.0 Å². The van der Waals surface area contributed by atoms with Crippen molar-refractivity contribution in [2.45, 2.75) is 44.9 Å². The number of nitrogens with zero attached hydrogens (tertiary/aromatic N) is 1. The predicted molar refractivity (Wildman–Crippen MR) is 106 cm³/mol. The first kappa shape index (κ1) is 21.8. The molecule has 7 heteroatoms. The highest BCUT2D eigenvalue weighted by molar-refractivity contribution is 5.71. The van der Waals surface area contributed by atoms with Gasteiger partial charge in [-0.25, -0.2) is 9.59 Å². The summed E-state index contributed by atoms with van der Waals surface area (Å²) in [4.78, 5) is 26.4. The maximum absolute atomic E-state index is 12.5. The van der Waals surface area contributed by atoms with Crippen molar-refractivity contribution in [1.29, 1.82) is 0 Å². The van der Waals surface area contributed by atoms with Crippen LogP contribution in [0.2, 0.25) is 0 Å². The van der Waals surface area contributed by atoms with Gasteiger partial charge in [0, 0.05) is 25.6 Å². The highest BCUT2D eigenvalue weighted by Gasteiger charge is 2.49. The molecule has 0 aromatic heterocycles. The zero-order valence-corrected chi connectivity index (χ0v) is 16.8. The second kappa shape index (κ2) is 9.10. The van der Waals surface area contributed by atoms with Gasteiger partial charge in [-0.1, -0.05) is 36.4 Å². The number of aliphatic hydroxyl groups is 1. The maximum atomic E-state index is 12.5. The summed E-state index contributed by atoms with van der Waals surface area (Å²) in [5.74, 6) is -0.359. The Morgan fingerprint density at radius 1 is 1.36 bits per heavy atom. The van der Waals surface area contributed by atoms with Crippen LogP contribution in [0.1, 0.15) is 32.8 Å². The Morgan fingerprint density at radius 2 is 2.04 bits per heavy atom. The van der Waals surface area contributed by atoms with Crippen LogP contribution in [0.3, 0.4) is 0 Å². The second-order valence-electron chi connectivity index (χ2n) is 8.08. The number of hydrogen-bond acceptors (Lipinski definition) is 5. The van der Waals surface area contributed by atoms with Gasteiger partial charge >= 0.3 is 12.2 Å². The molecule has 2 rings (SSSR count). The van der Waals surface area contributed by atoms with Gasteiger partial charge in [0.2, 0.25) is 0 Å². The smallest absolute Gasteiger partial charge is 0.410 e. The molecule has 0 spiro atoms. The molecule has 1 aliphatic rings. The minimum Gasteiger partial charge on any atom is -0.445 e. The Labute approximate surface area is 166 Å². The molecule has 28 heavy (non-hydrogen) atoms. The fraction of sp³-hybridized carbons (Fsp3) is 0.524. The van der Waals surface area contributed by atoms with Crippen molar-refractivity contribution in [2.75, 3.05) is 19.7 Å². The topological polar surface area (TPSA) is 88.1 Å². The lowest BCUT2D eigenvalue weighted by molar-refractivity contribution is 0.0275. The minimum absolute atomic E-state index is 0.135. The third kappa shape index (κ3) is 5.73. The summed E-state index contributed by atoms with van der Waals surface area (Å²) in [6, 6.07) is 9.35. The van der Waals surface area contributed by atoms with Crippen molar-refractivity contribution < 1.29 is 24.2 Å². The first-order chi connectivity index (χ1) is 13.2. The molecule has 0 bridgehead atoms. The molecule has 7 nitrogen and oxygen atoms in total. The van der Waals surface area contributed by atoms with Gasteiger partial charge in [-0.3, -0.25) is 0 Å². The van der Waals surface area contributed by atoms with Crippen molar-refractivity contribution in [1.82, 2.24) is 10.2 Å². The van der Waals surface area contributed by atoms with Crippen molar-refractivity contribution >= 4 is 12.2 Å². The van der Waals surface area contributed by atoms with E-state index in [4.69, 9.17) is 9.47 Å². The zero-order valence-electron chi connectivity index (χ0n) is 16.8. The van der Waals surface area contributed by atoms with Crippen LogP contribution in [0, 0.1) is 5.92 Å². The third-order valence-electron chi connectivity index (χ3n) is 4.64. The van der Waals surface area contributed by atoms with Crippen LogP contribution >= 0.6 is 0 Å². The monoisotopic (exact) mass is 390 g/mol. The molecule has 2 N–H and O–H groups in total. The van der Waals surface area contributed by atoms with E-state index in [-0.39, 0.29) is 32.2 Å². The van der Waals surface area contributed by atoms with E-state index in [1.807, 2.05) is 30.3 Å². The molecule has 1 heterocycles. The molecule has 2 amide bonds. The van der Waals surface area contributed by atoms with Gasteiger partial charge in [-0.05, 0) is 32.8 Å². The van der Waals surface area contributed by atoms with E-state index >= 15 is 0 Å². The Hall–Kier alpha value is -2.54. The number of alkyl carbamates (subject to hydrolysis) is 1. The van der Waals surface area contributed by atoms with Crippen LogP contribution in [0.4, 0.5) is 9.59 Å². The van der Waals surface area contributed by atoms with Gasteiger partial charge in [0.25, 0.3) is 0 Å². The van der Waals surface area contributed by atoms with Crippen LogP contribution in [-0.2, 0) is 16.1 Å². The average Bonchev–Trinajstić information content (AvgIpc) is 2.98. The minimum atomic E-state index is -0.860. The molecule has 2 atom stereocenters. The summed E-state index contributed by atoms with van der Waals surface area (Å²) in [5, 5.41) is 12.7. The summed E-state index contributed by atoms with van der Waals surface area (Å²) in [6.45, 7) is 9.57. The van der Waals surface area contributed by atoms with Crippen molar-refractivity contribution in [2.24, 2.45) is 5.92 Å². The number of amides is 2. The molecule has 0 radical (unpaired) electrons. The summed E-state index contributed by atoms with van der Waals surface area (Å²) >= 11 is 0. The van der Waals surface area contributed by atoms with E-state index in [0.717, 1.165) is 5.56 Å². The first-order valence-electron chi connectivity index (χ1n) is 9.37. The molecule has 0 aliphatic carbocycles. The van der Waals surface area contributed by atoms with Gasteiger partial charge in [0.1, 0.15) is 12.2 Å². The van der Waals surface area contributed by atoms with Gasteiger partial charge in [0.15, 0.2) is 0 Å². The SMILES string of the molecule is C=CC[C@@]1(NC(=O)OCc2ccccc2)CN(C(=O)OC(C)(C)C)C[C@@H]1CO. The molecular formula is C21H30N2O5. The van der Waals surface area contributed by atoms with E-state index in [9.17, 15) is 14.7 Å². The van der Waals surface area contributed by atoms with Gasteiger partial charge in [-0.15, -0.1) is 6.58 Å². The lowest BCUT2D eigenvalue weighted by atomic mass is 9.84. The predicted octanol–water partition coefficient (Wildman–Crippen LogP) is 3.09. The number of carbonyl (C=O) groups excluding carboxylic acids is 2. The van der Waals surface area contributed by atoms with Gasteiger partial charge in [0.05, 0.1) is 5.54 Å². The third-order valence-corrected chi connectivity index (χ3v) is 4.64. The zero-order chi connectivity index (χ0) is 20.8. The van der Waals surface area contributed by atoms with Crippen LogP contribution in [-0.4, -0.2) is 53.0 Å². The van der Waals surface area contributed by atoms with E-state index in [0.29, 0.717) is 6.42 Å². The standard InChI is InChI=1S/C21H30N2O5/c1-5-11-21(22-18(25)27-14-16-9-7-6-8-10-16)15-23(12-17(21)13-24)19(26)28-20(2,3)4/h5-10,17,24H,1,11-15H2,2-4H3,(H,22,25)/t17-,21-/m1/s1. The fourth-order valence-electron chi connectivity index (χ4n) is 3.32. The molecular weight excluding hydrogens is 360 g/mol. The van der Waals surface area contributed by atoms with Crippen molar-refractivity contribution in [3.63, 3.8) is 0 Å². The number of aliphatic hydroxyl groups excluding tert-OH is 1. The molecule has 1 aromatic carbocycles. The quantitative estimate of drug-likeness (QED) is 0.729. The van der Waals surface area contributed by atoms with E-state index in [2.05, 4.69) is 11.9 Å². The van der Waals surface area contributed by atoms with Crippen LogP contribution in [0.5, 0.6) is 0 Å². The second-order valence-corrected chi connectivity index (χ2v) is 8.08. The summed E-state index contributed by atoms with van der Waals surface area (Å²) in [7, 11) is 0. The average molecular weight is 390 g/mol. The fourth-order valence-corrected chi connectivity index (χ4v) is 3.32. The first-order valence-corrected chi connectivity index (χ1v) is 9.37. The Morgan fingerprint density at radius 3 is 2.61 bits per heavy atom. The van der Waals surface area contributed by atoms with Crippen molar-refractivity contribution in [3.05, 3.63) is 48.6 Å². The number of hydrogen-bond donors (Lipinski definition) is 2. The maximum Gasteiger partial charge on any atom is 0.410 e. The number of nitrogens with one attached hydrogen (secondary N) is 1. The van der Waals surface area contributed by atoms with Crippen molar-refractivity contribution in [3.8, 4) is 0 Å². The van der Waals surface area contributed by atoms with Gasteiger partial charge < -0.3 is 24.8 Å². The highest BCUT2D eigenvalue weighted by atomic mass is 16.6. The lowest BCUT2D eigenvalue weighted by Crippen LogP contribution is -2.55. The van der Waals surface area contributed by atoms with Crippen LogP contribution < -0.4 is 5.32 Å². The highest BCUT2D eigenvalue weighted by Crippen LogP contribution is 2.32. The molecule has 1 aliphatic heterocycles. The molecule has 1 aromatic rings. The van der Waals surface area contributed by atoms with E-state index < -0.39 is 23.3 Å². The summed E-state index contributed by atoms with van der Waals surface area (Å²) in [5.41, 5.74) is -0.616. The Bertz CT molecular complexity index is 686. The number of likely N-dealkylation sites (tertiary alicyclic amines) is 1. The molecule has 1 fully saturated rings. The molecule has 1 saturated heterocycles. The van der Waals surface area contributed by atoms with E-state index in [1.165, 1.54) is 4.90 Å². The Balaban J connectivity index is 2.07. The Kier molecular flexibility index (Phi) is 7.07. The molecule has 154 valence electrons. The number of rotatable bonds is 6. The van der Waals surface area contributed by atoms with Gasteiger partial charge in [-0.2, -0.15) is 0 Å². The van der Waals surface area contributed by atoms with E-state index in [1.54, 1.807) is 26.8 Å². The molecule has 0 unspecified atom stereocenters.